The van der Waals surface area contributed by atoms with Crippen LogP contribution in [0.1, 0.15) is 31.4 Å². The Morgan fingerprint density at radius 1 is 1.44 bits per heavy atom. The first-order valence-electron chi connectivity index (χ1n) is 6.46. The second-order valence-electron chi connectivity index (χ2n) is 4.62. The molecule has 0 aliphatic carbocycles. The van der Waals surface area contributed by atoms with Gasteiger partial charge in [0.25, 0.3) is 0 Å². The molecule has 98 valence electrons. The lowest BCUT2D eigenvalue weighted by Crippen LogP contribution is -2.40. The second kappa shape index (κ2) is 6.40. The summed E-state index contributed by atoms with van der Waals surface area (Å²) in [5, 5.41) is 5.76. The van der Waals surface area contributed by atoms with E-state index < -0.39 is 0 Å². The van der Waals surface area contributed by atoms with Gasteiger partial charge in [-0.15, -0.1) is 0 Å². The zero-order valence-electron chi connectivity index (χ0n) is 10.7. The van der Waals surface area contributed by atoms with Gasteiger partial charge in [-0.25, -0.2) is 4.79 Å². The molecule has 0 bridgehead atoms. The van der Waals surface area contributed by atoms with E-state index in [-0.39, 0.29) is 18.2 Å². The highest BCUT2D eigenvalue weighted by Crippen LogP contribution is 2.12. The first kappa shape index (κ1) is 12.9. The molecule has 1 aliphatic heterocycles. The van der Waals surface area contributed by atoms with E-state index in [1.165, 1.54) is 0 Å². The molecule has 2 N–H and O–H groups in total. The van der Waals surface area contributed by atoms with Crippen LogP contribution in [0.5, 0.6) is 0 Å². The summed E-state index contributed by atoms with van der Waals surface area (Å²) in [5.41, 5.74) is 1.10. The van der Waals surface area contributed by atoms with E-state index in [4.69, 9.17) is 4.74 Å². The fourth-order valence-corrected chi connectivity index (χ4v) is 2.08. The zero-order valence-corrected chi connectivity index (χ0v) is 10.7. The van der Waals surface area contributed by atoms with Gasteiger partial charge >= 0.3 is 6.03 Å². The molecule has 18 heavy (non-hydrogen) atoms. The summed E-state index contributed by atoms with van der Waals surface area (Å²) in [7, 11) is 0. The average Bonchev–Trinajstić information content (AvgIpc) is 2.90. The SMILES string of the molecule is CC(NC(=O)NCC1CCCO1)c1ccccc1. The van der Waals surface area contributed by atoms with Crippen molar-refractivity contribution in [1.29, 1.82) is 0 Å². The Morgan fingerprint density at radius 3 is 2.89 bits per heavy atom. The van der Waals surface area contributed by atoms with Crippen molar-refractivity contribution in [2.24, 2.45) is 0 Å². The molecule has 2 amide bonds. The number of nitrogens with one attached hydrogen (secondary N) is 2. The predicted molar refractivity (Wildman–Crippen MR) is 70.4 cm³/mol. The molecule has 1 heterocycles. The van der Waals surface area contributed by atoms with Crippen molar-refractivity contribution in [2.75, 3.05) is 13.2 Å². The smallest absolute Gasteiger partial charge is 0.315 e. The Balaban J connectivity index is 1.73. The van der Waals surface area contributed by atoms with Crippen molar-refractivity contribution in [2.45, 2.75) is 31.9 Å². The van der Waals surface area contributed by atoms with Gasteiger partial charge in [0, 0.05) is 13.2 Å². The van der Waals surface area contributed by atoms with E-state index in [1.54, 1.807) is 0 Å². The molecule has 0 saturated carbocycles. The molecule has 1 fully saturated rings. The Kier molecular flexibility index (Phi) is 4.59. The number of hydrogen-bond donors (Lipinski definition) is 2. The van der Waals surface area contributed by atoms with Crippen molar-refractivity contribution in [3.05, 3.63) is 35.9 Å². The number of rotatable bonds is 4. The van der Waals surface area contributed by atoms with Gasteiger partial charge in [-0.05, 0) is 25.3 Å². The lowest BCUT2D eigenvalue weighted by atomic mass is 10.1. The van der Waals surface area contributed by atoms with Crippen LogP contribution in [0.3, 0.4) is 0 Å². The van der Waals surface area contributed by atoms with Crippen LogP contribution < -0.4 is 10.6 Å². The number of urea groups is 1. The quantitative estimate of drug-likeness (QED) is 0.858. The van der Waals surface area contributed by atoms with Gasteiger partial charge < -0.3 is 15.4 Å². The summed E-state index contributed by atoms with van der Waals surface area (Å²) in [6, 6.07) is 9.79. The lowest BCUT2D eigenvalue weighted by molar-refractivity contribution is 0.111. The second-order valence-corrected chi connectivity index (χ2v) is 4.62. The third-order valence-corrected chi connectivity index (χ3v) is 3.16. The van der Waals surface area contributed by atoms with Crippen LogP contribution in [0.2, 0.25) is 0 Å². The molecule has 2 rings (SSSR count). The van der Waals surface area contributed by atoms with E-state index in [0.29, 0.717) is 6.54 Å². The molecule has 4 nitrogen and oxygen atoms in total. The van der Waals surface area contributed by atoms with Crippen LogP contribution in [0.4, 0.5) is 4.79 Å². The highest BCUT2D eigenvalue weighted by atomic mass is 16.5. The highest BCUT2D eigenvalue weighted by molar-refractivity contribution is 5.74. The first-order chi connectivity index (χ1) is 8.75. The van der Waals surface area contributed by atoms with E-state index >= 15 is 0 Å². The minimum atomic E-state index is -0.137. The monoisotopic (exact) mass is 248 g/mol. The van der Waals surface area contributed by atoms with Gasteiger partial charge in [0.2, 0.25) is 0 Å². The Bertz CT molecular complexity index is 375. The molecule has 0 spiro atoms. The van der Waals surface area contributed by atoms with Crippen LogP contribution in [-0.2, 0) is 4.74 Å². The average molecular weight is 248 g/mol. The summed E-state index contributed by atoms with van der Waals surface area (Å²) in [4.78, 5) is 11.7. The molecule has 1 aromatic carbocycles. The van der Waals surface area contributed by atoms with Crippen LogP contribution >= 0.6 is 0 Å². The molecule has 2 unspecified atom stereocenters. The number of ether oxygens (including phenoxy) is 1. The molecule has 0 aromatic heterocycles. The molecule has 2 atom stereocenters. The minimum absolute atomic E-state index is 0.00990. The normalized spacial score (nSPS) is 20.4. The summed E-state index contributed by atoms with van der Waals surface area (Å²) in [6.07, 6.45) is 2.31. The maximum absolute atomic E-state index is 11.7. The third kappa shape index (κ3) is 3.74. The van der Waals surface area contributed by atoms with Crippen molar-refractivity contribution in [1.82, 2.24) is 10.6 Å². The van der Waals surface area contributed by atoms with Crippen LogP contribution in [0, 0.1) is 0 Å². The Hall–Kier alpha value is -1.55. The summed E-state index contributed by atoms with van der Waals surface area (Å²) < 4.78 is 5.45. The molecular weight excluding hydrogens is 228 g/mol. The summed E-state index contributed by atoms with van der Waals surface area (Å²) >= 11 is 0. The molecule has 1 saturated heterocycles. The highest BCUT2D eigenvalue weighted by Gasteiger charge is 2.16. The van der Waals surface area contributed by atoms with E-state index in [1.807, 2.05) is 37.3 Å². The maximum Gasteiger partial charge on any atom is 0.315 e. The first-order valence-corrected chi connectivity index (χ1v) is 6.46. The number of carbonyl (C=O) groups excluding carboxylic acids is 1. The maximum atomic E-state index is 11.7. The van der Waals surface area contributed by atoms with Gasteiger partial charge in [-0.1, -0.05) is 30.3 Å². The Morgan fingerprint density at radius 2 is 2.22 bits per heavy atom. The minimum Gasteiger partial charge on any atom is -0.376 e. The van der Waals surface area contributed by atoms with Gasteiger partial charge in [0.1, 0.15) is 0 Å². The van der Waals surface area contributed by atoms with Gasteiger partial charge in [0.05, 0.1) is 12.1 Å². The molecule has 4 heteroatoms. The zero-order chi connectivity index (χ0) is 12.8. The summed E-state index contributed by atoms with van der Waals surface area (Å²) in [5.74, 6) is 0. The predicted octanol–water partition coefficient (Wildman–Crippen LogP) is 2.23. The van der Waals surface area contributed by atoms with Crippen molar-refractivity contribution in [3.63, 3.8) is 0 Å². The van der Waals surface area contributed by atoms with Gasteiger partial charge in [-0.3, -0.25) is 0 Å². The van der Waals surface area contributed by atoms with Gasteiger partial charge in [-0.2, -0.15) is 0 Å². The fourth-order valence-electron chi connectivity index (χ4n) is 2.08. The van der Waals surface area contributed by atoms with E-state index in [0.717, 1.165) is 25.0 Å². The van der Waals surface area contributed by atoms with E-state index in [2.05, 4.69) is 10.6 Å². The van der Waals surface area contributed by atoms with Crippen molar-refractivity contribution in [3.8, 4) is 0 Å². The number of carbonyl (C=O) groups is 1. The molecule has 1 aromatic rings. The van der Waals surface area contributed by atoms with Crippen LogP contribution in [-0.4, -0.2) is 25.3 Å². The van der Waals surface area contributed by atoms with Crippen molar-refractivity contribution < 1.29 is 9.53 Å². The number of hydrogen-bond acceptors (Lipinski definition) is 2. The third-order valence-electron chi connectivity index (χ3n) is 3.16. The Labute approximate surface area is 108 Å². The van der Waals surface area contributed by atoms with Crippen LogP contribution in [0.15, 0.2) is 30.3 Å². The fraction of sp³-hybridized carbons (Fsp3) is 0.500. The summed E-state index contributed by atoms with van der Waals surface area (Å²) in [6.45, 7) is 3.38. The molecular formula is C14H20N2O2. The van der Waals surface area contributed by atoms with Gasteiger partial charge in [0.15, 0.2) is 0 Å². The largest absolute Gasteiger partial charge is 0.376 e. The standard InChI is InChI=1S/C14H20N2O2/c1-11(12-6-3-2-4-7-12)16-14(17)15-10-13-8-5-9-18-13/h2-4,6-7,11,13H,5,8-10H2,1H3,(H2,15,16,17). The lowest BCUT2D eigenvalue weighted by Gasteiger charge is -2.16. The molecule has 1 aliphatic rings. The van der Waals surface area contributed by atoms with Crippen LogP contribution in [0.25, 0.3) is 0 Å². The number of amides is 2. The topological polar surface area (TPSA) is 50.4 Å². The molecule has 0 radical (unpaired) electrons. The van der Waals surface area contributed by atoms with E-state index in [9.17, 15) is 4.79 Å². The van der Waals surface area contributed by atoms with Crippen molar-refractivity contribution >= 4 is 6.03 Å². The number of benzene rings is 1.